The van der Waals surface area contributed by atoms with Crippen molar-refractivity contribution in [3.05, 3.63) is 41.6 Å². The van der Waals surface area contributed by atoms with Crippen LogP contribution in [0.2, 0.25) is 0 Å². The van der Waals surface area contributed by atoms with E-state index >= 15 is 0 Å². The van der Waals surface area contributed by atoms with Gasteiger partial charge in [-0.05, 0) is 55.2 Å². The second-order valence-corrected chi connectivity index (χ2v) is 11.0. The van der Waals surface area contributed by atoms with Crippen LogP contribution in [0.15, 0.2) is 30.3 Å². The van der Waals surface area contributed by atoms with Gasteiger partial charge in [-0.15, -0.1) is 0 Å². The summed E-state index contributed by atoms with van der Waals surface area (Å²) >= 11 is 0. The Balaban J connectivity index is 1.67. The quantitative estimate of drug-likeness (QED) is 0.614. The number of Topliss-reactive ketones (excluding diaryl/α,β-unsaturated/α-hetero) is 1. The Kier molecular flexibility index (Phi) is 5.08. The fourth-order valence-electron chi connectivity index (χ4n) is 5.36. The van der Waals surface area contributed by atoms with Gasteiger partial charge in [0.2, 0.25) is 5.88 Å². The number of ketones is 1. The molecule has 30 heavy (non-hydrogen) atoms. The molecule has 0 saturated heterocycles. The number of aryl methyl sites for hydroxylation is 2. The third-order valence-electron chi connectivity index (χ3n) is 7.25. The Labute approximate surface area is 178 Å². The number of hydrogen-bond acceptors (Lipinski definition) is 5. The topological polar surface area (TPSA) is 78.3 Å². The van der Waals surface area contributed by atoms with Crippen LogP contribution in [-0.4, -0.2) is 29.7 Å². The maximum Gasteiger partial charge on any atom is 0.311 e. The molecule has 2 aliphatic carbocycles. The lowest BCUT2D eigenvalue weighted by Crippen LogP contribution is -2.43. The Bertz CT molecular complexity index is 1090. The van der Waals surface area contributed by atoms with Crippen molar-refractivity contribution in [2.75, 3.05) is 5.75 Å². The van der Waals surface area contributed by atoms with Crippen molar-refractivity contribution in [2.24, 2.45) is 16.7 Å². The van der Waals surface area contributed by atoms with Gasteiger partial charge in [0.15, 0.2) is 0 Å². The van der Waals surface area contributed by atoms with Crippen LogP contribution in [-0.2, 0) is 21.3 Å². The van der Waals surface area contributed by atoms with Gasteiger partial charge in [0, 0.05) is 12.5 Å². The molecule has 2 aliphatic rings. The van der Waals surface area contributed by atoms with Gasteiger partial charge in [0.25, 0.3) is 0 Å². The summed E-state index contributed by atoms with van der Waals surface area (Å²) < 4.78 is 33.5. The van der Waals surface area contributed by atoms with Gasteiger partial charge in [-0.3, -0.25) is 4.79 Å². The summed E-state index contributed by atoms with van der Waals surface area (Å²) in [6.45, 7) is 8.08. The van der Waals surface area contributed by atoms with E-state index in [9.17, 15) is 13.2 Å². The fourth-order valence-corrected chi connectivity index (χ4v) is 7.08. The zero-order valence-electron chi connectivity index (χ0n) is 18.1. The van der Waals surface area contributed by atoms with Crippen LogP contribution in [0.3, 0.4) is 0 Å². The van der Waals surface area contributed by atoms with Crippen LogP contribution in [0.5, 0.6) is 5.88 Å². The van der Waals surface area contributed by atoms with Gasteiger partial charge >= 0.3 is 10.1 Å². The lowest BCUT2D eigenvalue weighted by Gasteiger charge is -2.35. The first kappa shape index (κ1) is 21.1. The molecule has 2 atom stereocenters. The minimum atomic E-state index is -3.99. The van der Waals surface area contributed by atoms with Crippen molar-refractivity contribution >= 4 is 15.9 Å². The Hall–Kier alpha value is -2.15. The van der Waals surface area contributed by atoms with E-state index in [0.29, 0.717) is 12.8 Å². The van der Waals surface area contributed by atoms with Gasteiger partial charge in [-0.25, -0.2) is 0 Å². The van der Waals surface area contributed by atoms with E-state index in [0.717, 1.165) is 36.2 Å². The highest BCUT2D eigenvalue weighted by Gasteiger charge is 2.65. The number of hydrogen-bond donors (Lipinski definition) is 0. The molecule has 1 aromatic heterocycles. The van der Waals surface area contributed by atoms with Gasteiger partial charge in [0.05, 0.1) is 22.5 Å². The molecule has 0 amide bonds. The van der Waals surface area contributed by atoms with Crippen LogP contribution in [0.25, 0.3) is 5.69 Å². The molecule has 0 N–H and O–H groups in total. The molecule has 6 nitrogen and oxygen atoms in total. The van der Waals surface area contributed by atoms with Crippen molar-refractivity contribution in [1.82, 2.24) is 9.78 Å². The molecule has 0 spiro atoms. The normalized spacial score (nSPS) is 25.1. The molecule has 2 bridgehead atoms. The summed E-state index contributed by atoms with van der Waals surface area (Å²) in [5, 5.41) is 4.58. The molecule has 7 heteroatoms. The second-order valence-electron chi connectivity index (χ2n) is 9.43. The Morgan fingerprint density at radius 2 is 2.03 bits per heavy atom. The van der Waals surface area contributed by atoms with Crippen LogP contribution >= 0.6 is 0 Å². The summed E-state index contributed by atoms with van der Waals surface area (Å²) in [7, 11) is -3.99. The summed E-state index contributed by atoms with van der Waals surface area (Å²) in [6, 6.07) is 9.38. The monoisotopic (exact) mass is 430 g/mol. The Morgan fingerprint density at radius 3 is 2.63 bits per heavy atom. The number of carbonyl (C=O) groups is 1. The third kappa shape index (κ3) is 3.37. The van der Waals surface area contributed by atoms with E-state index in [2.05, 4.69) is 5.10 Å². The first-order chi connectivity index (χ1) is 14.1. The molecule has 0 aliphatic heterocycles. The van der Waals surface area contributed by atoms with Crippen LogP contribution in [0.4, 0.5) is 0 Å². The summed E-state index contributed by atoms with van der Waals surface area (Å²) in [5.41, 5.74) is 1.39. The lowest BCUT2D eigenvalue weighted by atomic mass is 9.70. The van der Waals surface area contributed by atoms with Gasteiger partial charge in [0.1, 0.15) is 5.78 Å². The number of carbonyl (C=O) groups excluding carboxylic acids is 1. The Morgan fingerprint density at radius 1 is 1.27 bits per heavy atom. The minimum absolute atomic E-state index is 0.0646. The van der Waals surface area contributed by atoms with Crippen LogP contribution < -0.4 is 4.18 Å². The van der Waals surface area contributed by atoms with Crippen LogP contribution in [0, 0.1) is 23.7 Å². The molecule has 1 heterocycles. The minimum Gasteiger partial charge on any atom is -0.361 e. The molecule has 2 fully saturated rings. The van der Waals surface area contributed by atoms with E-state index < -0.39 is 15.5 Å². The summed E-state index contributed by atoms with van der Waals surface area (Å²) in [5.74, 6) is 0.229. The molecule has 4 rings (SSSR count). The molecule has 2 saturated carbocycles. The number of fused-ring (bicyclic) bond motifs is 2. The number of aromatic nitrogens is 2. The van der Waals surface area contributed by atoms with Crippen molar-refractivity contribution in [3.63, 3.8) is 0 Å². The standard InChI is InChI=1S/C23H30N2O4S/c1-5-7-18-14-21(25(24-18)19-9-6-8-16(2)12-19)29-30(27,28)15-23-11-10-17(13-20(23)26)22(23,3)4/h6,8-9,12,14,17H,5,7,10-11,13,15H2,1-4H3. The maximum absolute atomic E-state index is 13.2. The number of rotatable bonds is 7. The zero-order valence-corrected chi connectivity index (χ0v) is 19.0. The second kappa shape index (κ2) is 7.22. The summed E-state index contributed by atoms with van der Waals surface area (Å²) in [4.78, 5) is 12.8. The zero-order chi connectivity index (χ0) is 21.7. The maximum atomic E-state index is 13.2. The first-order valence-electron chi connectivity index (χ1n) is 10.7. The average molecular weight is 431 g/mol. The molecular weight excluding hydrogens is 400 g/mol. The van der Waals surface area contributed by atoms with Crippen molar-refractivity contribution in [3.8, 4) is 11.6 Å². The van der Waals surface area contributed by atoms with Crippen molar-refractivity contribution in [1.29, 1.82) is 0 Å². The van der Waals surface area contributed by atoms with E-state index in [-0.39, 0.29) is 28.7 Å². The number of benzene rings is 1. The number of nitrogens with zero attached hydrogens (tertiary/aromatic N) is 2. The summed E-state index contributed by atoms with van der Waals surface area (Å²) in [6.07, 6.45) is 3.61. The SMILES string of the molecule is CCCc1cc(OS(=O)(=O)CC23CCC(CC2=O)C3(C)C)n(-c2cccc(C)c2)n1. The predicted octanol–water partition coefficient (Wildman–Crippen LogP) is 4.24. The molecule has 2 unspecified atom stereocenters. The largest absolute Gasteiger partial charge is 0.361 e. The highest BCUT2D eigenvalue weighted by molar-refractivity contribution is 7.87. The molecule has 2 aromatic rings. The van der Waals surface area contributed by atoms with E-state index in [4.69, 9.17) is 4.18 Å². The van der Waals surface area contributed by atoms with Crippen molar-refractivity contribution in [2.45, 2.75) is 59.8 Å². The average Bonchev–Trinajstić information content (AvgIpc) is 3.20. The lowest BCUT2D eigenvalue weighted by molar-refractivity contribution is -0.128. The molecular formula is C23H30N2O4S. The van der Waals surface area contributed by atoms with Crippen LogP contribution in [0.1, 0.15) is 57.7 Å². The van der Waals surface area contributed by atoms with E-state index in [1.807, 2.05) is 52.0 Å². The van der Waals surface area contributed by atoms with Gasteiger partial charge < -0.3 is 4.18 Å². The molecule has 1 aromatic carbocycles. The van der Waals surface area contributed by atoms with E-state index in [1.54, 1.807) is 10.7 Å². The highest BCUT2D eigenvalue weighted by Crippen LogP contribution is 2.64. The molecule has 0 radical (unpaired) electrons. The first-order valence-corrected chi connectivity index (χ1v) is 12.3. The fraction of sp³-hybridized carbons (Fsp3) is 0.565. The van der Waals surface area contributed by atoms with Crippen molar-refractivity contribution < 1.29 is 17.4 Å². The predicted molar refractivity (Wildman–Crippen MR) is 115 cm³/mol. The molecule has 162 valence electrons. The van der Waals surface area contributed by atoms with E-state index in [1.165, 1.54) is 0 Å². The van der Waals surface area contributed by atoms with Gasteiger partial charge in [-0.2, -0.15) is 18.2 Å². The van der Waals surface area contributed by atoms with Gasteiger partial charge in [-0.1, -0.05) is 39.3 Å². The highest BCUT2D eigenvalue weighted by atomic mass is 32.2. The third-order valence-corrected chi connectivity index (χ3v) is 8.53. The smallest absolute Gasteiger partial charge is 0.311 e.